The van der Waals surface area contributed by atoms with Gasteiger partial charge in [0.15, 0.2) is 0 Å². The summed E-state index contributed by atoms with van der Waals surface area (Å²) >= 11 is 0. The Bertz CT molecular complexity index is 1120. The quantitative estimate of drug-likeness (QED) is 0.691. The Hall–Kier alpha value is -3.00. The van der Waals surface area contributed by atoms with Gasteiger partial charge in [-0.05, 0) is 25.1 Å². The standard InChI is InChI=1S/C18H17FN4O3/c1-2-22-8-12(18(25)26)16(24)11-3-9-4-13(19)15(23-6-10(20)7-23)5-14(9)21-17(11)22/h3-5,8,10H,2,6-7,20H2,1H3,(H,25,26). The Kier molecular flexibility index (Phi) is 3.66. The number of aromatic carboxylic acids is 1. The zero-order valence-corrected chi connectivity index (χ0v) is 14.1. The van der Waals surface area contributed by atoms with E-state index in [0.29, 0.717) is 41.9 Å². The van der Waals surface area contributed by atoms with Gasteiger partial charge in [-0.25, -0.2) is 14.2 Å². The van der Waals surface area contributed by atoms with Crippen LogP contribution in [0.2, 0.25) is 0 Å². The molecule has 0 spiro atoms. The fourth-order valence-corrected chi connectivity index (χ4v) is 3.32. The summed E-state index contributed by atoms with van der Waals surface area (Å²) < 4.78 is 16.1. The van der Waals surface area contributed by atoms with E-state index in [9.17, 15) is 19.1 Å². The lowest BCUT2D eigenvalue weighted by Gasteiger charge is -2.39. The van der Waals surface area contributed by atoms with Crippen LogP contribution in [0.25, 0.3) is 21.9 Å². The highest BCUT2D eigenvalue weighted by atomic mass is 19.1. The first-order chi connectivity index (χ1) is 12.4. The third-order valence-electron chi connectivity index (χ3n) is 4.73. The number of aryl methyl sites for hydroxylation is 1. The summed E-state index contributed by atoms with van der Waals surface area (Å²) in [7, 11) is 0. The first-order valence-electron chi connectivity index (χ1n) is 8.30. The van der Waals surface area contributed by atoms with Crippen molar-refractivity contribution in [3.05, 3.63) is 46.0 Å². The summed E-state index contributed by atoms with van der Waals surface area (Å²) in [6.07, 6.45) is 1.30. The van der Waals surface area contributed by atoms with Gasteiger partial charge in [-0.15, -0.1) is 0 Å². The van der Waals surface area contributed by atoms with Crippen molar-refractivity contribution in [2.75, 3.05) is 18.0 Å². The van der Waals surface area contributed by atoms with Crippen LogP contribution >= 0.6 is 0 Å². The van der Waals surface area contributed by atoms with Gasteiger partial charge in [0.2, 0.25) is 5.43 Å². The summed E-state index contributed by atoms with van der Waals surface area (Å²) in [5.74, 6) is -1.72. The van der Waals surface area contributed by atoms with Gasteiger partial charge in [-0.1, -0.05) is 0 Å². The van der Waals surface area contributed by atoms with Crippen LogP contribution in [0.3, 0.4) is 0 Å². The average molecular weight is 356 g/mol. The Morgan fingerprint density at radius 3 is 2.73 bits per heavy atom. The first-order valence-corrected chi connectivity index (χ1v) is 8.30. The van der Waals surface area contributed by atoms with Gasteiger partial charge >= 0.3 is 5.97 Å². The maximum atomic E-state index is 14.5. The molecular weight excluding hydrogens is 339 g/mol. The minimum absolute atomic E-state index is 0.0365. The molecule has 8 heteroatoms. The van der Waals surface area contributed by atoms with Crippen LogP contribution in [-0.2, 0) is 6.54 Å². The number of nitrogens with zero attached hydrogens (tertiary/aromatic N) is 3. The molecule has 3 N–H and O–H groups in total. The van der Waals surface area contributed by atoms with Crippen molar-refractivity contribution in [2.24, 2.45) is 5.73 Å². The van der Waals surface area contributed by atoms with Gasteiger partial charge < -0.3 is 20.3 Å². The molecule has 1 saturated heterocycles. The lowest BCUT2D eigenvalue weighted by molar-refractivity contribution is 0.0695. The van der Waals surface area contributed by atoms with Gasteiger partial charge in [0, 0.05) is 37.3 Å². The van der Waals surface area contributed by atoms with Gasteiger partial charge in [0.1, 0.15) is 17.0 Å². The fraction of sp³-hybridized carbons (Fsp3) is 0.278. The molecule has 2 aromatic heterocycles. The number of hydrogen-bond acceptors (Lipinski definition) is 5. The Morgan fingerprint density at radius 2 is 2.12 bits per heavy atom. The number of pyridine rings is 2. The first kappa shape index (κ1) is 16.5. The molecule has 0 atom stereocenters. The smallest absolute Gasteiger partial charge is 0.341 e. The number of rotatable bonds is 3. The van der Waals surface area contributed by atoms with Crippen molar-refractivity contribution >= 4 is 33.6 Å². The molecule has 1 aliphatic rings. The number of carbonyl (C=O) groups is 1. The molecule has 26 heavy (non-hydrogen) atoms. The van der Waals surface area contributed by atoms with E-state index in [1.54, 1.807) is 10.6 Å². The molecule has 0 saturated carbocycles. The molecule has 1 aromatic carbocycles. The van der Waals surface area contributed by atoms with Crippen molar-refractivity contribution in [1.82, 2.24) is 9.55 Å². The molecular formula is C18H17FN4O3. The minimum atomic E-state index is -1.30. The molecule has 0 bridgehead atoms. The molecule has 3 heterocycles. The average Bonchev–Trinajstić information content (AvgIpc) is 2.57. The monoisotopic (exact) mass is 356 g/mol. The van der Waals surface area contributed by atoms with E-state index >= 15 is 0 Å². The number of nitrogens with two attached hydrogens (primary N) is 1. The van der Waals surface area contributed by atoms with Gasteiger partial charge in [0.25, 0.3) is 0 Å². The number of hydrogen-bond donors (Lipinski definition) is 2. The second-order valence-electron chi connectivity index (χ2n) is 6.48. The molecule has 0 aliphatic carbocycles. The fourth-order valence-electron chi connectivity index (χ4n) is 3.32. The summed E-state index contributed by atoms with van der Waals surface area (Å²) in [5, 5.41) is 9.86. The number of aromatic nitrogens is 2. The van der Waals surface area contributed by atoms with E-state index < -0.39 is 17.2 Å². The molecule has 0 unspecified atom stereocenters. The summed E-state index contributed by atoms with van der Waals surface area (Å²) in [6.45, 7) is 3.44. The van der Waals surface area contributed by atoms with Crippen molar-refractivity contribution in [2.45, 2.75) is 19.5 Å². The third kappa shape index (κ3) is 2.41. The Morgan fingerprint density at radius 1 is 1.38 bits per heavy atom. The zero-order chi connectivity index (χ0) is 18.6. The SMILES string of the molecule is CCn1cc(C(=O)O)c(=O)c2cc3cc(F)c(N4CC(N)C4)cc3nc21. The molecule has 0 amide bonds. The third-order valence-corrected chi connectivity index (χ3v) is 4.73. The summed E-state index contributed by atoms with van der Waals surface area (Å²) in [6, 6.07) is 4.51. The number of halogens is 1. The van der Waals surface area contributed by atoms with Crippen LogP contribution in [-0.4, -0.2) is 39.8 Å². The number of carboxylic acid groups (broad SMARTS) is 1. The van der Waals surface area contributed by atoms with Gasteiger partial charge in [0.05, 0.1) is 16.6 Å². The van der Waals surface area contributed by atoms with Crippen LogP contribution in [0.1, 0.15) is 17.3 Å². The predicted molar refractivity (Wildman–Crippen MR) is 96.3 cm³/mol. The van der Waals surface area contributed by atoms with E-state index in [2.05, 4.69) is 4.98 Å². The molecule has 134 valence electrons. The number of fused-ring (bicyclic) bond motifs is 2. The predicted octanol–water partition coefficient (Wildman–Crippen LogP) is 1.55. The van der Waals surface area contributed by atoms with Gasteiger partial charge in [-0.3, -0.25) is 4.79 Å². The topological polar surface area (TPSA) is 101 Å². The molecule has 0 radical (unpaired) electrons. The molecule has 7 nitrogen and oxygen atoms in total. The largest absolute Gasteiger partial charge is 0.477 e. The van der Waals surface area contributed by atoms with Crippen LogP contribution in [0.5, 0.6) is 0 Å². The lowest BCUT2D eigenvalue weighted by atomic mass is 10.1. The molecule has 1 fully saturated rings. The van der Waals surface area contributed by atoms with Crippen molar-refractivity contribution in [3.8, 4) is 0 Å². The highest BCUT2D eigenvalue weighted by Gasteiger charge is 2.26. The van der Waals surface area contributed by atoms with E-state index in [-0.39, 0.29) is 17.0 Å². The van der Waals surface area contributed by atoms with Crippen molar-refractivity contribution in [3.63, 3.8) is 0 Å². The normalized spacial score (nSPS) is 14.8. The lowest BCUT2D eigenvalue weighted by Crippen LogP contribution is -2.56. The van der Waals surface area contributed by atoms with Crippen LogP contribution in [0.4, 0.5) is 10.1 Å². The van der Waals surface area contributed by atoms with Gasteiger partial charge in [-0.2, -0.15) is 0 Å². The van der Waals surface area contributed by atoms with E-state index in [4.69, 9.17) is 5.73 Å². The number of anilines is 1. The van der Waals surface area contributed by atoms with E-state index in [0.717, 1.165) is 0 Å². The Balaban J connectivity index is 1.99. The second kappa shape index (κ2) is 5.77. The summed E-state index contributed by atoms with van der Waals surface area (Å²) in [5.41, 5.74) is 6.18. The van der Waals surface area contributed by atoms with Crippen molar-refractivity contribution < 1.29 is 14.3 Å². The summed E-state index contributed by atoms with van der Waals surface area (Å²) in [4.78, 5) is 30.2. The number of carboxylic acids is 1. The van der Waals surface area contributed by atoms with E-state index in [1.807, 2.05) is 11.8 Å². The maximum absolute atomic E-state index is 14.5. The minimum Gasteiger partial charge on any atom is -0.477 e. The highest BCUT2D eigenvalue weighted by Crippen LogP contribution is 2.29. The van der Waals surface area contributed by atoms with Crippen LogP contribution in [0, 0.1) is 5.82 Å². The molecule has 4 rings (SSSR count). The maximum Gasteiger partial charge on any atom is 0.341 e. The Labute approximate surface area is 147 Å². The van der Waals surface area contributed by atoms with Crippen LogP contribution in [0.15, 0.2) is 29.2 Å². The van der Waals surface area contributed by atoms with E-state index in [1.165, 1.54) is 18.3 Å². The van der Waals surface area contributed by atoms with Crippen molar-refractivity contribution in [1.29, 1.82) is 0 Å². The molecule has 3 aromatic rings. The second-order valence-corrected chi connectivity index (χ2v) is 6.48. The number of benzene rings is 1. The van der Waals surface area contributed by atoms with Crippen LogP contribution < -0.4 is 16.1 Å². The zero-order valence-electron chi connectivity index (χ0n) is 14.1. The molecule has 1 aliphatic heterocycles. The highest BCUT2D eigenvalue weighted by molar-refractivity contribution is 5.96.